The molecule has 0 spiro atoms. The monoisotopic (exact) mass is 262 g/mol. The molecule has 1 atom stereocenters. The van der Waals surface area contributed by atoms with Crippen LogP contribution in [0.25, 0.3) is 0 Å². The maximum atomic E-state index is 5.58. The lowest BCUT2D eigenvalue weighted by Crippen LogP contribution is -2.44. The van der Waals surface area contributed by atoms with Crippen molar-refractivity contribution in [3.8, 4) is 0 Å². The highest BCUT2D eigenvalue weighted by molar-refractivity contribution is 5.27. The van der Waals surface area contributed by atoms with Gasteiger partial charge in [0.2, 0.25) is 0 Å². The van der Waals surface area contributed by atoms with Crippen LogP contribution in [0.1, 0.15) is 24.5 Å². The van der Waals surface area contributed by atoms with E-state index in [0.717, 1.165) is 39.3 Å². The van der Waals surface area contributed by atoms with E-state index in [2.05, 4.69) is 41.4 Å². The van der Waals surface area contributed by atoms with E-state index in [1.165, 1.54) is 17.5 Å². The molecule has 2 rings (SSSR count). The van der Waals surface area contributed by atoms with Crippen molar-refractivity contribution in [2.75, 3.05) is 33.4 Å². The van der Waals surface area contributed by atoms with Crippen LogP contribution in [-0.4, -0.2) is 44.3 Å². The van der Waals surface area contributed by atoms with Gasteiger partial charge >= 0.3 is 0 Å². The Morgan fingerprint density at radius 2 is 2.11 bits per heavy atom. The Hall–Kier alpha value is -0.900. The number of likely N-dealkylation sites (N-methyl/N-ethyl adjacent to an activating group) is 1. The normalized spacial score (nSPS) is 20.6. The largest absolute Gasteiger partial charge is 0.378 e. The minimum atomic E-state index is 0.575. The fraction of sp³-hybridized carbons (Fsp3) is 0.625. The molecule has 19 heavy (non-hydrogen) atoms. The van der Waals surface area contributed by atoms with Crippen molar-refractivity contribution >= 4 is 0 Å². The molecule has 0 amide bonds. The first-order valence-corrected chi connectivity index (χ1v) is 7.38. The van der Waals surface area contributed by atoms with Gasteiger partial charge in [-0.25, -0.2) is 0 Å². The van der Waals surface area contributed by atoms with Gasteiger partial charge in [0.25, 0.3) is 0 Å². The van der Waals surface area contributed by atoms with E-state index in [0.29, 0.717) is 6.04 Å². The van der Waals surface area contributed by atoms with Gasteiger partial charge in [-0.2, -0.15) is 0 Å². The highest BCUT2D eigenvalue weighted by Crippen LogP contribution is 2.17. The number of hydrogen-bond acceptors (Lipinski definition) is 3. The Morgan fingerprint density at radius 3 is 2.84 bits per heavy atom. The van der Waals surface area contributed by atoms with Crippen LogP contribution in [-0.2, 0) is 17.7 Å². The number of rotatable bonds is 6. The first kappa shape index (κ1) is 14.5. The molecule has 3 heteroatoms. The van der Waals surface area contributed by atoms with Crippen molar-refractivity contribution in [1.29, 1.82) is 0 Å². The maximum absolute atomic E-state index is 5.58. The Morgan fingerprint density at radius 1 is 1.32 bits per heavy atom. The third-order valence-electron chi connectivity index (χ3n) is 3.96. The van der Waals surface area contributed by atoms with Crippen LogP contribution < -0.4 is 5.32 Å². The molecule has 1 aromatic carbocycles. The van der Waals surface area contributed by atoms with E-state index in [1.807, 2.05) is 7.05 Å². The molecular formula is C16H26N2O. The van der Waals surface area contributed by atoms with Crippen molar-refractivity contribution in [3.63, 3.8) is 0 Å². The molecule has 0 saturated carbocycles. The van der Waals surface area contributed by atoms with Crippen LogP contribution in [0.3, 0.4) is 0 Å². The molecule has 3 nitrogen and oxygen atoms in total. The Bertz CT molecular complexity index is 381. The molecule has 1 aliphatic rings. The van der Waals surface area contributed by atoms with Gasteiger partial charge in [0.05, 0.1) is 13.2 Å². The smallest absolute Gasteiger partial charge is 0.0622 e. The summed E-state index contributed by atoms with van der Waals surface area (Å²) in [7, 11) is 2.01. The fourth-order valence-corrected chi connectivity index (χ4v) is 2.71. The van der Waals surface area contributed by atoms with E-state index in [9.17, 15) is 0 Å². The summed E-state index contributed by atoms with van der Waals surface area (Å²) >= 11 is 0. The second-order valence-corrected chi connectivity index (χ2v) is 5.23. The molecule has 1 aromatic rings. The highest BCUT2D eigenvalue weighted by atomic mass is 16.5. The number of ether oxygens (including phenoxy) is 1. The molecule has 1 saturated heterocycles. The fourth-order valence-electron chi connectivity index (χ4n) is 2.71. The van der Waals surface area contributed by atoms with Crippen LogP contribution >= 0.6 is 0 Å². The van der Waals surface area contributed by atoms with E-state index in [-0.39, 0.29) is 0 Å². The molecule has 106 valence electrons. The average molecular weight is 262 g/mol. The maximum Gasteiger partial charge on any atom is 0.0622 e. The minimum absolute atomic E-state index is 0.575. The summed E-state index contributed by atoms with van der Waals surface area (Å²) < 4.78 is 5.58. The summed E-state index contributed by atoms with van der Waals surface area (Å²) in [5.74, 6) is 0. The Labute approximate surface area is 116 Å². The lowest BCUT2D eigenvalue weighted by molar-refractivity contribution is -0.0128. The van der Waals surface area contributed by atoms with Crippen LogP contribution in [0.5, 0.6) is 0 Å². The summed E-state index contributed by atoms with van der Waals surface area (Å²) in [6, 6.07) is 9.40. The third-order valence-corrected chi connectivity index (χ3v) is 3.96. The van der Waals surface area contributed by atoms with Gasteiger partial charge < -0.3 is 10.1 Å². The summed E-state index contributed by atoms with van der Waals surface area (Å²) in [6.45, 7) is 7.15. The molecule has 0 bridgehead atoms. The SMILES string of the molecule is CCC1COCCN1Cc1ccccc1CCNC. The Balaban J connectivity index is 2.04. The lowest BCUT2D eigenvalue weighted by Gasteiger charge is -2.35. The number of nitrogens with zero attached hydrogens (tertiary/aromatic N) is 1. The number of morpholine rings is 1. The number of nitrogens with one attached hydrogen (secondary N) is 1. The van der Waals surface area contributed by atoms with E-state index in [4.69, 9.17) is 4.74 Å². The van der Waals surface area contributed by atoms with Gasteiger partial charge in [-0.3, -0.25) is 4.90 Å². The van der Waals surface area contributed by atoms with Crippen molar-refractivity contribution < 1.29 is 4.74 Å². The van der Waals surface area contributed by atoms with Crippen molar-refractivity contribution in [3.05, 3.63) is 35.4 Å². The molecule has 0 radical (unpaired) electrons. The average Bonchev–Trinajstić information content (AvgIpc) is 2.47. The lowest BCUT2D eigenvalue weighted by atomic mass is 10.0. The van der Waals surface area contributed by atoms with Gasteiger partial charge in [-0.1, -0.05) is 31.2 Å². The molecule has 0 aliphatic carbocycles. The summed E-state index contributed by atoms with van der Waals surface area (Å²) in [5.41, 5.74) is 2.94. The summed E-state index contributed by atoms with van der Waals surface area (Å²) in [4.78, 5) is 2.57. The topological polar surface area (TPSA) is 24.5 Å². The van der Waals surface area contributed by atoms with E-state index in [1.54, 1.807) is 0 Å². The molecule has 0 aromatic heterocycles. The predicted molar refractivity (Wildman–Crippen MR) is 79.4 cm³/mol. The van der Waals surface area contributed by atoms with Gasteiger partial charge in [-0.15, -0.1) is 0 Å². The van der Waals surface area contributed by atoms with Crippen LogP contribution in [0, 0.1) is 0 Å². The molecule has 1 fully saturated rings. The third kappa shape index (κ3) is 4.03. The molecule has 1 heterocycles. The number of benzene rings is 1. The zero-order valence-corrected chi connectivity index (χ0v) is 12.2. The van der Waals surface area contributed by atoms with Gasteiger partial charge in [0.1, 0.15) is 0 Å². The molecule has 1 unspecified atom stereocenters. The minimum Gasteiger partial charge on any atom is -0.378 e. The standard InChI is InChI=1S/C16H26N2O/c1-3-16-13-19-11-10-18(16)12-15-7-5-4-6-14(15)8-9-17-2/h4-7,16-17H,3,8-13H2,1-2H3. The van der Waals surface area contributed by atoms with Crippen LogP contribution in [0.4, 0.5) is 0 Å². The number of hydrogen-bond donors (Lipinski definition) is 1. The van der Waals surface area contributed by atoms with Crippen molar-refractivity contribution in [2.45, 2.75) is 32.4 Å². The summed E-state index contributed by atoms with van der Waals surface area (Å²) in [6.07, 6.45) is 2.27. The quantitative estimate of drug-likeness (QED) is 0.849. The van der Waals surface area contributed by atoms with Crippen LogP contribution in [0.2, 0.25) is 0 Å². The van der Waals surface area contributed by atoms with E-state index >= 15 is 0 Å². The second kappa shape index (κ2) is 7.63. The molecule has 1 aliphatic heterocycles. The van der Waals surface area contributed by atoms with Crippen molar-refractivity contribution in [1.82, 2.24) is 10.2 Å². The van der Waals surface area contributed by atoms with Crippen LogP contribution in [0.15, 0.2) is 24.3 Å². The predicted octanol–water partition coefficient (Wildman–Crippen LogP) is 2.06. The van der Waals surface area contributed by atoms with Gasteiger partial charge in [0.15, 0.2) is 0 Å². The van der Waals surface area contributed by atoms with Gasteiger partial charge in [-0.05, 0) is 37.6 Å². The zero-order chi connectivity index (χ0) is 13.5. The first-order valence-electron chi connectivity index (χ1n) is 7.38. The Kier molecular flexibility index (Phi) is 5.83. The van der Waals surface area contributed by atoms with E-state index < -0.39 is 0 Å². The van der Waals surface area contributed by atoms with Crippen molar-refractivity contribution in [2.24, 2.45) is 0 Å². The highest BCUT2D eigenvalue weighted by Gasteiger charge is 2.21. The van der Waals surface area contributed by atoms with Gasteiger partial charge in [0, 0.05) is 19.1 Å². The molecule has 1 N–H and O–H groups in total. The second-order valence-electron chi connectivity index (χ2n) is 5.23. The molecular weight excluding hydrogens is 236 g/mol. The summed E-state index contributed by atoms with van der Waals surface area (Å²) in [5, 5.41) is 3.23. The zero-order valence-electron chi connectivity index (χ0n) is 12.2. The first-order chi connectivity index (χ1) is 9.35.